The van der Waals surface area contributed by atoms with Crippen LogP contribution in [0.4, 0.5) is 0 Å². The third kappa shape index (κ3) is 4.29. The lowest BCUT2D eigenvalue weighted by Crippen LogP contribution is -2.42. The number of fused-ring (bicyclic) bond motifs is 5. The van der Waals surface area contributed by atoms with Crippen LogP contribution in [0.1, 0.15) is 77.3 Å². The number of hydrogen-bond donors (Lipinski definition) is 2. The number of ether oxygens (including phenoxy) is 1. The van der Waals surface area contributed by atoms with Gasteiger partial charge in [0, 0.05) is 18.3 Å². The Hall–Kier alpha value is -2.04. The van der Waals surface area contributed by atoms with E-state index < -0.39 is 5.97 Å². The minimum Gasteiger partial charge on any atom is -0.504 e. The van der Waals surface area contributed by atoms with E-state index in [2.05, 4.69) is 13.8 Å². The lowest BCUT2D eigenvalue weighted by atomic mass is 9.55. The molecule has 5 unspecified atom stereocenters. The molecule has 0 spiro atoms. The number of carboxylic acids is 1. The molecule has 2 fully saturated rings. The second-order valence-electron chi connectivity index (χ2n) is 8.61. The fraction of sp³-hybridized carbons (Fsp3) is 0.667. The number of carbonyl (C=O) groups excluding carboxylic acids is 1. The van der Waals surface area contributed by atoms with Gasteiger partial charge in [-0.25, -0.2) is 0 Å². The average Bonchev–Trinajstić information content (AvgIpc) is 2.92. The maximum absolute atomic E-state index is 12.7. The molecule has 0 aliphatic heterocycles. The first-order valence-electron chi connectivity index (χ1n) is 10.8. The fourth-order valence-electron chi connectivity index (χ4n) is 5.86. The first kappa shape index (κ1) is 23.2. The van der Waals surface area contributed by atoms with E-state index in [1.807, 2.05) is 26.0 Å². The molecule has 1 aromatic carbocycles. The number of methoxy groups -OCH3 is 1. The summed E-state index contributed by atoms with van der Waals surface area (Å²) in [6.07, 6.45) is 5.29. The maximum Gasteiger partial charge on any atom is 0.300 e. The molecule has 162 valence electrons. The zero-order chi connectivity index (χ0) is 21.9. The number of aromatic hydroxyl groups is 1. The van der Waals surface area contributed by atoms with Crippen LogP contribution in [-0.4, -0.2) is 29.1 Å². The van der Waals surface area contributed by atoms with Gasteiger partial charge in [0.05, 0.1) is 7.11 Å². The van der Waals surface area contributed by atoms with Crippen molar-refractivity contribution in [1.29, 1.82) is 0 Å². The van der Waals surface area contributed by atoms with Crippen molar-refractivity contribution in [3.63, 3.8) is 0 Å². The molecule has 0 bridgehead atoms. The first-order valence-corrected chi connectivity index (χ1v) is 10.8. The number of rotatable bonds is 1. The monoisotopic (exact) mass is 404 g/mol. The molecule has 5 nitrogen and oxygen atoms in total. The highest BCUT2D eigenvalue weighted by atomic mass is 16.5. The van der Waals surface area contributed by atoms with Crippen LogP contribution in [0.2, 0.25) is 0 Å². The number of phenols is 1. The van der Waals surface area contributed by atoms with Gasteiger partial charge < -0.3 is 14.9 Å². The van der Waals surface area contributed by atoms with Crippen molar-refractivity contribution in [2.45, 2.75) is 72.6 Å². The zero-order valence-corrected chi connectivity index (χ0v) is 18.6. The van der Waals surface area contributed by atoms with Crippen molar-refractivity contribution in [3.8, 4) is 11.5 Å². The van der Waals surface area contributed by atoms with Gasteiger partial charge in [0.25, 0.3) is 5.97 Å². The lowest BCUT2D eigenvalue weighted by Gasteiger charge is -2.48. The van der Waals surface area contributed by atoms with E-state index in [0.717, 1.165) is 39.0 Å². The summed E-state index contributed by atoms with van der Waals surface area (Å²) >= 11 is 0. The van der Waals surface area contributed by atoms with Crippen molar-refractivity contribution in [1.82, 2.24) is 0 Å². The van der Waals surface area contributed by atoms with Gasteiger partial charge in [0.2, 0.25) is 0 Å². The van der Waals surface area contributed by atoms with Crippen molar-refractivity contribution in [3.05, 3.63) is 23.3 Å². The normalized spacial score (nSPS) is 31.7. The van der Waals surface area contributed by atoms with E-state index in [0.29, 0.717) is 29.3 Å². The summed E-state index contributed by atoms with van der Waals surface area (Å²) in [6, 6.07) is 3.94. The zero-order valence-electron chi connectivity index (χ0n) is 18.6. The van der Waals surface area contributed by atoms with Crippen LogP contribution in [0.25, 0.3) is 0 Å². The minimum atomic E-state index is -0.833. The SMILES string of the molecule is CC.CC(=O)O.COc1cc2c(cc1O)CCC1C2CCC2(C)C(=O)C(C)CC12. The van der Waals surface area contributed by atoms with E-state index in [9.17, 15) is 9.90 Å². The number of phenolic OH excluding ortho intramolecular Hbond substituents is 1. The predicted octanol–water partition coefficient (Wildman–Crippen LogP) is 5.19. The fourth-order valence-corrected chi connectivity index (χ4v) is 5.86. The van der Waals surface area contributed by atoms with E-state index >= 15 is 0 Å². The van der Waals surface area contributed by atoms with Crippen molar-refractivity contribution < 1.29 is 24.5 Å². The van der Waals surface area contributed by atoms with Gasteiger partial charge in [0.1, 0.15) is 5.78 Å². The number of ketones is 1. The van der Waals surface area contributed by atoms with Crippen LogP contribution in [-0.2, 0) is 16.0 Å². The largest absolute Gasteiger partial charge is 0.504 e. The molecule has 0 saturated heterocycles. The van der Waals surface area contributed by atoms with Crippen LogP contribution < -0.4 is 4.74 Å². The smallest absolute Gasteiger partial charge is 0.300 e. The van der Waals surface area contributed by atoms with Gasteiger partial charge in [0.15, 0.2) is 11.5 Å². The molecule has 2 N–H and O–H groups in total. The summed E-state index contributed by atoms with van der Waals surface area (Å²) in [5.74, 6) is 2.35. The summed E-state index contributed by atoms with van der Waals surface area (Å²) in [5.41, 5.74) is 2.52. The quantitative estimate of drug-likeness (QED) is 0.673. The molecular weight excluding hydrogens is 368 g/mol. The second-order valence-corrected chi connectivity index (χ2v) is 8.61. The Morgan fingerprint density at radius 3 is 2.45 bits per heavy atom. The van der Waals surface area contributed by atoms with Crippen molar-refractivity contribution in [2.75, 3.05) is 7.11 Å². The molecule has 5 atom stereocenters. The van der Waals surface area contributed by atoms with Gasteiger partial charge >= 0.3 is 0 Å². The van der Waals surface area contributed by atoms with Gasteiger partial charge in [-0.3, -0.25) is 9.59 Å². The Bertz CT molecular complexity index is 752. The molecule has 2 saturated carbocycles. The van der Waals surface area contributed by atoms with Crippen molar-refractivity contribution in [2.24, 2.45) is 23.2 Å². The summed E-state index contributed by atoms with van der Waals surface area (Å²) in [6.45, 7) is 9.41. The molecule has 0 amide bonds. The minimum absolute atomic E-state index is 0.0981. The van der Waals surface area contributed by atoms with E-state index in [1.54, 1.807) is 7.11 Å². The Kier molecular flexibility index (Phi) is 7.36. The number of Topliss-reactive ketones (excluding diaryl/α,β-unsaturated/α-hetero) is 1. The number of aryl methyl sites for hydroxylation is 1. The highest BCUT2D eigenvalue weighted by Gasteiger charge is 2.56. The summed E-state index contributed by atoms with van der Waals surface area (Å²) in [4.78, 5) is 21.7. The summed E-state index contributed by atoms with van der Waals surface area (Å²) in [5, 5.41) is 17.5. The van der Waals surface area contributed by atoms with Gasteiger partial charge in [-0.15, -0.1) is 0 Å². The highest BCUT2D eigenvalue weighted by molar-refractivity contribution is 5.89. The Morgan fingerprint density at radius 1 is 1.24 bits per heavy atom. The molecular formula is C24H36O5. The molecule has 3 aliphatic rings. The molecule has 0 heterocycles. The Labute approximate surface area is 174 Å². The highest BCUT2D eigenvalue weighted by Crippen LogP contribution is 2.61. The number of hydrogen-bond acceptors (Lipinski definition) is 4. The van der Waals surface area contributed by atoms with E-state index in [-0.39, 0.29) is 17.1 Å². The van der Waals surface area contributed by atoms with Gasteiger partial charge in [-0.2, -0.15) is 0 Å². The predicted molar refractivity (Wildman–Crippen MR) is 113 cm³/mol. The Morgan fingerprint density at radius 2 is 1.86 bits per heavy atom. The maximum atomic E-state index is 12.7. The third-order valence-corrected chi connectivity index (χ3v) is 7.03. The number of aliphatic carboxylic acids is 1. The number of benzene rings is 1. The molecule has 1 aromatic rings. The summed E-state index contributed by atoms with van der Waals surface area (Å²) < 4.78 is 5.33. The molecule has 0 radical (unpaired) electrons. The van der Waals surface area contributed by atoms with Crippen LogP contribution in [0.15, 0.2) is 12.1 Å². The van der Waals surface area contributed by atoms with E-state index in [1.165, 1.54) is 11.1 Å². The second kappa shape index (κ2) is 9.19. The molecule has 4 rings (SSSR count). The first-order chi connectivity index (χ1) is 13.7. The topological polar surface area (TPSA) is 83.8 Å². The Balaban J connectivity index is 0.000000449. The van der Waals surface area contributed by atoms with Crippen LogP contribution in [0.3, 0.4) is 0 Å². The standard InChI is InChI=1S/C20H26O3.C2H4O2.C2H6/c1-11-8-16-14-5-4-12-9-17(21)18(23-3)10-15(12)13(14)6-7-20(16,2)19(11)22;1-2(3)4;1-2/h9-11,13-14,16,21H,4-8H2,1-3H3;1H3,(H,3,4);1-2H3. The molecule has 29 heavy (non-hydrogen) atoms. The molecule has 3 aliphatic carbocycles. The van der Waals surface area contributed by atoms with Gasteiger partial charge in [-0.1, -0.05) is 27.7 Å². The summed E-state index contributed by atoms with van der Waals surface area (Å²) in [7, 11) is 1.61. The van der Waals surface area contributed by atoms with Crippen LogP contribution >= 0.6 is 0 Å². The lowest BCUT2D eigenvalue weighted by molar-refractivity contribution is -0.134. The van der Waals surface area contributed by atoms with Gasteiger partial charge in [-0.05, 0) is 73.1 Å². The van der Waals surface area contributed by atoms with Crippen molar-refractivity contribution >= 4 is 11.8 Å². The number of carbonyl (C=O) groups is 2. The van der Waals surface area contributed by atoms with Crippen LogP contribution in [0, 0.1) is 23.2 Å². The molecule has 0 aromatic heterocycles. The van der Waals surface area contributed by atoms with Crippen LogP contribution in [0.5, 0.6) is 11.5 Å². The average molecular weight is 405 g/mol. The molecule has 5 heteroatoms. The number of carboxylic acid groups (broad SMARTS) is 1. The third-order valence-electron chi connectivity index (χ3n) is 7.03. The van der Waals surface area contributed by atoms with E-state index in [4.69, 9.17) is 14.6 Å².